The van der Waals surface area contributed by atoms with Crippen LogP contribution >= 0.6 is 0 Å². The summed E-state index contributed by atoms with van der Waals surface area (Å²) in [5, 5.41) is 3.00. The van der Waals surface area contributed by atoms with Crippen LogP contribution < -0.4 is 24.3 Å². The lowest BCUT2D eigenvalue weighted by atomic mass is 10.1. The Morgan fingerprint density at radius 1 is 0.902 bits per heavy atom. The fourth-order valence-electron chi connectivity index (χ4n) is 4.77. The lowest BCUT2D eigenvalue weighted by Crippen LogP contribution is -2.25. The van der Waals surface area contributed by atoms with Crippen LogP contribution in [0.5, 0.6) is 23.0 Å². The van der Waals surface area contributed by atoms with Crippen molar-refractivity contribution in [2.75, 3.05) is 34.5 Å². The Balaban J connectivity index is 1.30. The Hall–Kier alpha value is -4.46. The maximum Gasteiger partial charge on any atom is 0.251 e. The maximum atomic E-state index is 12.7. The number of carbonyl (C=O) groups excluding carboxylic acids is 1. The second-order valence-electron chi connectivity index (χ2n) is 9.63. The number of unbranched alkanes of at least 4 members (excludes halogenated alkanes) is 1. The second-order valence-corrected chi connectivity index (χ2v) is 9.63. The minimum absolute atomic E-state index is 0.147. The van der Waals surface area contributed by atoms with E-state index in [0.29, 0.717) is 30.2 Å². The molecule has 1 amide bonds. The molecule has 41 heavy (non-hydrogen) atoms. The minimum atomic E-state index is -0.147. The topological polar surface area (TPSA) is 83.8 Å². The number of aromatic nitrogens is 2. The summed E-state index contributed by atoms with van der Waals surface area (Å²) in [7, 11) is 4.78. The van der Waals surface area contributed by atoms with Gasteiger partial charge in [-0.1, -0.05) is 24.3 Å². The fraction of sp³-hybridized carbons (Fsp3) is 0.333. The third-order valence-electron chi connectivity index (χ3n) is 6.88. The number of nitrogens with one attached hydrogen (secondary N) is 1. The van der Waals surface area contributed by atoms with Crippen LogP contribution in [-0.2, 0) is 19.4 Å². The molecule has 0 spiro atoms. The molecule has 4 aromatic rings. The van der Waals surface area contributed by atoms with E-state index in [1.807, 2.05) is 42.5 Å². The first kappa shape index (κ1) is 29.5. The number of rotatable bonds is 16. The predicted octanol–water partition coefficient (Wildman–Crippen LogP) is 6.01. The first-order chi connectivity index (χ1) is 20.1. The standard InChI is InChI=1S/C33H39N3O5/c1-5-11-24-15-17-29(30(22-24)39-3)41-21-9-8-20-36-27-13-7-6-12-26(27)35-32(36)14-10-19-34-33(37)25-16-18-28(38-2)31(23-25)40-4/h5-7,12-13,15-18,22-23H,1,8-11,14,19-21H2,2-4H3,(H,34,37). The zero-order valence-corrected chi connectivity index (χ0v) is 24.2. The molecule has 0 aliphatic heterocycles. The number of allylic oxidation sites excluding steroid dienone is 1. The molecule has 216 valence electrons. The molecule has 0 fully saturated rings. The van der Waals surface area contributed by atoms with E-state index in [9.17, 15) is 4.79 Å². The number of imidazole rings is 1. The van der Waals surface area contributed by atoms with Crippen molar-refractivity contribution in [1.29, 1.82) is 0 Å². The Morgan fingerprint density at radius 2 is 1.66 bits per heavy atom. The molecule has 8 nitrogen and oxygen atoms in total. The molecule has 0 radical (unpaired) electrons. The number of para-hydroxylation sites is 2. The monoisotopic (exact) mass is 557 g/mol. The van der Waals surface area contributed by atoms with Gasteiger partial charge in [-0.25, -0.2) is 4.98 Å². The van der Waals surface area contributed by atoms with Crippen molar-refractivity contribution < 1.29 is 23.7 Å². The zero-order chi connectivity index (χ0) is 29.0. The molecule has 0 aliphatic rings. The van der Waals surface area contributed by atoms with Gasteiger partial charge in [0.25, 0.3) is 5.91 Å². The lowest BCUT2D eigenvalue weighted by molar-refractivity contribution is 0.0952. The zero-order valence-electron chi connectivity index (χ0n) is 24.2. The summed E-state index contributed by atoms with van der Waals surface area (Å²) in [6, 6.07) is 19.3. The van der Waals surface area contributed by atoms with Crippen LogP contribution in [0.1, 0.15) is 41.0 Å². The van der Waals surface area contributed by atoms with Gasteiger partial charge in [0.15, 0.2) is 23.0 Å². The summed E-state index contributed by atoms with van der Waals surface area (Å²) in [6.45, 7) is 5.77. The third-order valence-corrected chi connectivity index (χ3v) is 6.88. The van der Waals surface area contributed by atoms with Crippen LogP contribution in [0.3, 0.4) is 0 Å². The average Bonchev–Trinajstić information content (AvgIpc) is 3.36. The number of hydrogen-bond donors (Lipinski definition) is 1. The molecule has 1 heterocycles. The van der Waals surface area contributed by atoms with Gasteiger partial charge in [0.1, 0.15) is 5.82 Å². The van der Waals surface area contributed by atoms with E-state index in [-0.39, 0.29) is 5.91 Å². The number of carbonyl (C=O) groups is 1. The molecule has 0 saturated carbocycles. The highest BCUT2D eigenvalue weighted by atomic mass is 16.5. The van der Waals surface area contributed by atoms with E-state index in [2.05, 4.69) is 22.5 Å². The molecule has 0 saturated heterocycles. The van der Waals surface area contributed by atoms with Crippen molar-refractivity contribution in [2.24, 2.45) is 0 Å². The summed E-state index contributed by atoms with van der Waals surface area (Å²) < 4.78 is 24.4. The van der Waals surface area contributed by atoms with Gasteiger partial charge in [-0.2, -0.15) is 0 Å². The molecular weight excluding hydrogens is 518 g/mol. The van der Waals surface area contributed by atoms with E-state index < -0.39 is 0 Å². The Bertz CT molecular complexity index is 1460. The highest BCUT2D eigenvalue weighted by molar-refractivity contribution is 5.94. The smallest absolute Gasteiger partial charge is 0.251 e. The number of amides is 1. The summed E-state index contributed by atoms with van der Waals surface area (Å²) in [6.07, 6.45) is 6.03. The molecule has 3 aromatic carbocycles. The van der Waals surface area contributed by atoms with Gasteiger partial charge < -0.3 is 28.8 Å². The quantitative estimate of drug-likeness (QED) is 0.134. The summed E-state index contributed by atoms with van der Waals surface area (Å²) >= 11 is 0. The normalized spacial score (nSPS) is 10.8. The third kappa shape index (κ3) is 7.60. The van der Waals surface area contributed by atoms with Gasteiger partial charge in [-0.05, 0) is 73.7 Å². The van der Waals surface area contributed by atoms with E-state index >= 15 is 0 Å². The fourth-order valence-corrected chi connectivity index (χ4v) is 4.77. The second kappa shape index (κ2) is 14.8. The Kier molecular flexibility index (Phi) is 10.7. The lowest BCUT2D eigenvalue weighted by Gasteiger charge is -2.13. The van der Waals surface area contributed by atoms with Crippen LogP contribution in [0.25, 0.3) is 11.0 Å². The van der Waals surface area contributed by atoms with Gasteiger partial charge in [-0.15, -0.1) is 6.58 Å². The Labute approximate surface area is 241 Å². The first-order valence-electron chi connectivity index (χ1n) is 13.9. The molecule has 0 bridgehead atoms. The van der Waals surface area contributed by atoms with Crippen molar-refractivity contribution in [1.82, 2.24) is 14.9 Å². The summed E-state index contributed by atoms with van der Waals surface area (Å²) in [5.41, 5.74) is 3.78. The van der Waals surface area contributed by atoms with Gasteiger partial charge >= 0.3 is 0 Å². The molecule has 1 N–H and O–H groups in total. The molecular formula is C33H39N3O5. The van der Waals surface area contributed by atoms with Crippen molar-refractivity contribution in [3.8, 4) is 23.0 Å². The molecule has 0 unspecified atom stereocenters. The van der Waals surface area contributed by atoms with Crippen molar-refractivity contribution in [2.45, 2.75) is 38.6 Å². The van der Waals surface area contributed by atoms with Gasteiger partial charge in [0.2, 0.25) is 0 Å². The Morgan fingerprint density at radius 3 is 2.44 bits per heavy atom. The van der Waals surface area contributed by atoms with Crippen LogP contribution in [-0.4, -0.2) is 49.9 Å². The highest BCUT2D eigenvalue weighted by Gasteiger charge is 2.13. The minimum Gasteiger partial charge on any atom is -0.493 e. The summed E-state index contributed by atoms with van der Waals surface area (Å²) in [5.74, 6) is 3.49. The predicted molar refractivity (Wildman–Crippen MR) is 162 cm³/mol. The summed E-state index contributed by atoms with van der Waals surface area (Å²) in [4.78, 5) is 17.6. The van der Waals surface area contributed by atoms with Crippen molar-refractivity contribution >= 4 is 16.9 Å². The van der Waals surface area contributed by atoms with Gasteiger partial charge in [-0.3, -0.25) is 4.79 Å². The van der Waals surface area contributed by atoms with Crippen LogP contribution in [0.15, 0.2) is 73.3 Å². The maximum absolute atomic E-state index is 12.7. The number of hydrogen-bond acceptors (Lipinski definition) is 6. The molecule has 1 aromatic heterocycles. The van der Waals surface area contributed by atoms with E-state index in [0.717, 1.165) is 72.6 Å². The number of aryl methyl sites for hydroxylation is 2. The molecule has 4 rings (SSSR count). The van der Waals surface area contributed by atoms with Crippen LogP contribution in [0.4, 0.5) is 0 Å². The van der Waals surface area contributed by atoms with E-state index in [1.165, 1.54) is 0 Å². The largest absolute Gasteiger partial charge is 0.493 e. The van der Waals surface area contributed by atoms with Crippen molar-refractivity contribution in [3.63, 3.8) is 0 Å². The first-order valence-corrected chi connectivity index (χ1v) is 13.9. The molecule has 0 aliphatic carbocycles. The van der Waals surface area contributed by atoms with Crippen LogP contribution in [0.2, 0.25) is 0 Å². The average molecular weight is 558 g/mol. The molecule has 8 heteroatoms. The highest BCUT2D eigenvalue weighted by Crippen LogP contribution is 2.29. The number of methoxy groups -OCH3 is 3. The number of nitrogens with zero attached hydrogens (tertiary/aromatic N) is 2. The van der Waals surface area contributed by atoms with E-state index in [4.69, 9.17) is 23.9 Å². The number of fused-ring (bicyclic) bond motifs is 1. The van der Waals surface area contributed by atoms with Gasteiger partial charge in [0, 0.05) is 25.1 Å². The van der Waals surface area contributed by atoms with E-state index in [1.54, 1.807) is 39.5 Å². The number of benzene rings is 3. The molecule has 0 atom stereocenters. The van der Waals surface area contributed by atoms with Crippen molar-refractivity contribution in [3.05, 3.63) is 90.3 Å². The number of ether oxygens (including phenoxy) is 4. The van der Waals surface area contributed by atoms with Gasteiger partial charge in [0.05, 0.1) is 39.0 Å². The van der Waals surface area contributed by atoms with Crippen LogP contribution in [0, 0.1) is 0 Å². The SMILES string of the molecule is C=CCc1ccc(OCCCCn2c(CCCNC(=O)c3ccc(OC)c(OC)c3)nc3ccccc32)c(OC)c1.